The maximum atomic E-state index is 12.9. The molecule has 1 fully saturated rings. The molecule has 8 nitrogen and oxygen atoms in total. The van der Waals surface area contributed by atoms with Gasteiger partial charge in [0.1, 0.15) is 17.2 Å². The Morgan fingerprint density at radius 3 is 2.53 bits per heavy atom. The molecule has 1 amide bonds. The van der Waals surface area contributed by atoms with Gasteiger partial charge < -0.3 is 9.32 Å². The number of rotatable bonds is 5. The summed E-state index contributed by atoms with van der Waals surface area (Å²) in [5.74, 6) is 0.744. The van der Waals surface area contributed by atoms with Crippen molar-refractivity contribution in [1.29, 1.82) is 0 Å². The number of nitro groups is 1. The molecule has 0 atom stereocenters. The Morgan fingerprint density at radius 2 is 1.79 bits per heavy atom. The topological polar surface area (TPSA) is 92.2 Å². The molecule has 1 saturated heterocycles. The number of furan rings is 1. The molecule has 3 heterocycles. The summed E-state index contributed by atoms with van der Waals surface area (Å²) < 4.78 is 5.95. The minimum atomic E-state index is -0.339. The molecule has 3 aromatic rings. The van der Waals surface area contributed by atoms with E-state index in [1.807, 2.05) is 36.4 Å². The number of hydrogen-bond donors (Lipinski definition) is 0. The number of piperidine rings is 1. The molecule has 172 valence electrons. The monoisotopic (exact) mass is 456 g/mol. The van der Waals surface area contributed by atoms with E-state index < -0.39 is 0 Å². The lowest BCUT2D eigenvalue weighted by molar-refractivity contribution is -0.384. The van der Waals surface area contributed by atoms with Crippen molar-refractivity contribution in [2.75, 3.05) is 23.0 Å². The van der Waals surface area contributed by atoms with E-state index in [9.17, 15) is 14.9 Å². The van der Waals surface area contributed by atoms with Gasteiger partial charge in [-0.3, -0.25) is 14.9 Å². The van der Waals surface area contributed by atoms with Crippen LogP contribution < -0.4 is 9.91 Å². The number of carbonyl (C=O) groups is 1. The van der Waals surface area contributed by atoms with Gasteiger partial charge in [0.15, 0.2) is 0 Å². The molecular weight excluding hydrogens is 432 g/mol. The van der Waals surface area contributed by atoms with Gasteiger partial charge in [-0.2, -0.15) is 10.1 Å². The average Bonchev–Trinajstić information content (AvgIpc) is 3.45. The quantitative estimate of drug-likeness (QED) is 0.281. The fraction of sp³-hybridized carbons (Fsp3) is 0.231. The summed E-state index contributed by atoms with van der Waals surface area (Å²) in [4.78, 5) is 26.5. The van der Waals surface area contributed by atoms with Crippen molar-refractivity contribution in [2.24, 2.45) is 5.10 Å². The lowest BCUT2D eigenvalue weighted by atomic mass is 10.1. The molecule has 0 bridgehead atoms. The Morgan fingerprint density at radius 1 is 1.03 bits per heavy atom. The van der Waals surface area contributed by atoms with Crippen molar-refractivity contribution in [3.63, 3.8) is 0 Å². The van der Waals surface area contributed by atoms with Gasteiger partial charge >= 0.3 is 0 Å². The first-order valence-electron chi connectivity index (χ1n) is 11.3. The number of hydrazone groups is 1. The molecule has 1 aromatic heterocycles. The van der Waals surface area contributed by atoms with E-state index in [0.717, 1.165) is 32.4 Å². The van der Waals surface area contributed by atoms with Gasteiger partial charge in [-0.05, 0) is 68.7 Å². The highest BCUT2D eigenvalue weighted by Crippen LogP contribution is 2.35. The molecule has 2 aromatic carbocycles. The minimum absolute atomic E-state index is 0.0724. The summed E-state index contributed by atoms with van der Waals surface area (Å²) in [6.45, 7) is 3.43. The fourth-order valence-corrected chi connectivity index (χ4v) is 4.38. The summed E-state index contributed by atoms with van der Waals surface area (Å²) >= 11 is 0. The number of anilines is 2. The first-order chi connectivity index (χ1) is 16.5. The second-order valence-electron chi connectivity index (χ2n) is 8.41. The summed E-state index contributed by atoms with van der Waals surface area (Å²) in [5, 5.41) is 17.5. The van der Waals surface area contributed by atoms with Crippen molar-refractivity contribution in [3.8, 4) is 11.3 Å². The van der Waals surface area contributed by atoms with Crippen LogP contribution in [0.15, 0.2) is 75.8 Å². The molecule has 0 aliphatic carbocycles. The second-order valence-corrected chi connectivity index (χ2v) is 8.41. The smallest absolute Gasteiger partial charge is 0.293 e. The van der Waals surface area contributed by atoms with Gasteiger partial charge in [-0.25, -0.2) is 0 Å². The lowest BCUT2D eigenvalue weighted by Crippen LogP contribution is -2.29. The molecule has 2 aliphatic heterocycles. The minimum Gasteiger partial charge on any atom is -0.457 e. The molecule has 0 saturated carbocycles. The summed E-state index contributed by atoms with van der Waals surface area (Å²) in [6.07, 6.45) is 4.89. The zero-order chi connectivity index (χ0) is 23.7. The number of hydrogen-bond acceptors (Lipinski definition) is 6. The highest BCUT2D eigenvalue weighted by Gasteiger charge is 2.29. The predicted molar refractivity (Wildman–Crippen MR) is 132 cm³/mol. The Kier molecular flexibility index (Phi) is 5.71. The van der Waals surface area contributed by atoms with Crippen molar-refractivity contribution in [3.05, 3.63) is 82.1 Å². The first-order valence-corrected chi connectivity index (χ1v) is 11.3. The normalized spacial score (nSPS) is 17.4. The van der Waals surface area contributed by atoms with Crippen molar-refractivity contribution >= 4 is 34.8 Å². The molecule has 0 radical (unpaired) electrons. The van der Waals surface area contributed by atoms with Crippen LogP contribution in [0.2, 0.25) is 0 Å². The largest absolute Gasteiger partial charge is 0.457 e. The van der Waals surface area contributed by atoms with Crippen LogP contribution in [0.1, 0.15) is 31.9 Å². The zero-order valence-electron chi connectivity index (χ0n) is 18.8. The van der Waals surface area contributed by atoms with E-state index >= 15 is 0 Å². The van der Waals surface area contributed by atoms with E-state index in [0.29, 0.717) is 39.7 Å². The third kappa shape index (κ3) is 4.10. The average molecular weight is 457 g/mol. The second kappa shape index (κ2) is 8.97. The standard InChI is InChI=1S/C26H24N4O4/c1-18-22(26(31)29(27-18)20-8-4-2-5-9-20)17-21-11-13-25(34-21)19-10-12-23(24(16-19)30(32)33)28-14-6-3-7-15-28/h2,4-5,8-13,16-17H,3,6-7,14-15H2,1H3/b22-17-. The molecule has 0 spiro atoms. The summed E-state index contributed by atoms with van der Waals surface area (Å²) in [5.41, 5.74) is 3.06. The fourth-order valence-electron chi connectivity index (χ4n) is 4.38. The van der Waals surface area contributed by atoms with Crippen LogP contribution in [0.25, 0.3) is 17.4 Å². The Hall–Kier alpha value is -4.20. The van der Waals surface area contributed by atoms with Crippen LogP contribution in [0, 0.1) is 10.1 Å². The van der Waals surface area contributed by atoms with Crippen LogP contribution in [0.5, 0.6) is 0 Å². The van der Waals surface area contributed by atoms with E-state index in [-0.39, 0.29) is 16.5 Å². The van der Waals surface area contributed by atoms with E-state index in [2.05, 4.69) is 10.0 Å². The SMILES string of the molecule is CC1=NN(c2ccccc2)C(=O)/C1=C\c1ccc(-c2ccc(N3CCCCC3)c([N+](=O)[O-])c2)o1. The van der Waals surface area contributed by atoms with Crippen LogP contribution >= 0.6 is 0 Å². The van der Waals surface area contributed by atoms with E-state index in [4.69, 9.17) is 4.42 Å². The Balaban J connectivity index is 1.41. The van der Waals surface area contributed by atoms with Crippen molar-refractivity contribution in [1.82, 2.24) is 0 Å². The summed E-state index contributed by atoms with van der Waals surface area (Å²) in [7, 11) is 0. The third-order valence-corrected chi connectivity index (χ3v) is 6.13. The first kappa shape index (κ1) is 21.6. The van der Waals surface area contributed by atoms with Gasteiger partial charge in [0.05, 0.1) is 21.9 Å². The van der Waals surface area contributed by atoms with Crippen LogP contribution in [-0.2, 0) is 4.79 Å². The number of nitro benzene ring substituents is 1. The summed E-state index contributed by atoms with van der Waals surface area (Å²) in [6, 6.07) is 17.9. The lowest BCUT2D eigenvalue weighted by Gasteiger charge is -2.28. The maximum Gasteiger partial charge on any atom is 0.293 e. The van der Waals surface area contributed by atoms with E-state index in [1.54, 1.807) is 37.3 Å². The zero-order valence-corrected chi connectivity index (χ0v) is 18.8. The van der Waals surface area contributed by atoms with Crippen LogP contribution in [0.4, 0.5) is 17.1 Å². The van der Waals surface area contributed by atoms with Crippen molar-refractivity contribution < 1.29 is 14.1 Å². The molecule has 2 aliphatic rings. The van der Waals surface area contributed by atoms with Gasteiger partial charge in [-0.1, -0.05) is 18.2 Å². The van der Waals surface area contributed by atoms with Gasteiger partial charge in [0.2, 0.25) is 0 Å². The molecule has 0 N–H and O–H groups in total. The third-order valence-electron chi connectivity index (χ3n) is 6.13. The molecular formula is C26H24N4O4. The van der Waals surface area contributed by atoms with Gasteiger partial charge in [0.25, 0.3) is 11.6 Å². The van der Waals surface area contributed by atoms with Crippen LogP contribution in [-0.4, -0.2) is 29.6 Å². The molecule has 5 rings (SSSR count). The van der Waals surface area contributed by atoms with Crippen LogP contribution in [0.3, 0.4) is 0 Å². The number of nitrogens with zero attached hydrogens (tertiary/aromatic N) is 4. The highest BCUT2D eigenvalue weighted by molar-refractivity contribution is 6.32. The highest BCUT2D eigenvalue weighted by atomic mass is 16.6. The van der Waals surface area contributed by atoms with Crippen molar-refractivity contribution in [2.45, 2.75) is 26.2 Å². The maximum absolute atomic E-state index is 12.9. The number of para-hydroxylation sites is 1. The number of carbonyl (C=O) groups excluding carboxylic acids is 1. The Labute approximate surface area is 196 Å². The Bertz CT molecular complexity index is 1300. The number of amides is 1. The molecule has 34 heavy (non-hydrogen) atoms. The van der Waals surface area contributed by atoms with E-state index in [1.165, 1.54) is 5.01 Å². The predicted octanol–water partition coefficient (Wildman–Crippen LogP) is 5.65. The van der Waals surface area contributed by atoms with Gasteiger partial charge in [-0.15, -0.1) is 0 Å². The molecule has 0 unspecified atom stereocenters. The number of benzene rings is 2. The van der Waals surface area contributed by atoms with Gasteiger partial charge in [0, 0.05) is 24.7 Å². The molecule has 8 heteroatoms.